The van der Waals surface area contributed by atoms with Crippen molar-refractivity contribution in [1.82, 2.24) is 0 Å². The number of carboxylic acid groups (broad SMARTS) is 1. The summed E-state index contributed by atoms with van der Waals surface area (Å²) in [7, 11) is 0. The number of aryl methyl sites for hydroxylation is 1. The molecular formula is C17H21NO3. The molecule has 0 saturated heterocycles. The van der Waals surface area contributed by atoms with Crippen molar-refractivity contribution in [2.24, 2.45) is 0 Å². The highest BCUT2D eigenvalue weighted by Gasteiger charge is 2.22. The van der Waals surface area contributed by atoms with Crippen LogP contribution in [0, 0.1) is 6.92 Å². The second-order valence-electron chi connectivity index (χ2n) is 5.11. The van der Waals surface area contributed by atoms with E-state index in [2.05, 4.69) is 11.8 Å². The Hall–Kier alpha value is -2.23. The van der Waals surface area contributed by atoms with Crippen LogP contribution < -0.4 is 4.90 Å². The van der Waals surface area contributed by atoms with Crippen LogP contribution in [0.4, 0.5) is 5.69 Å². The highest BCUT2D eigenvalue weighted by molar-refractivity contribution is 5.67. The van der Waals surface area contributed by atoms with Gasteiger partial charge in [0.25, 0.3) is 0 Å². The molecular weight excluding hydrogens is 266 g/mol. The number of hydrogen-bond donors (Lipinski definition) is 1. The van der Waals surface area contributed by atoms with Crippen molar-refractivity contribution in [1.29, 1.82) is 0 Å². The van der Waals surface area contributed by atoms with Gasteiger partial charge in [-0.15, -0.1) is 0 Å². The summed E-state index contributed by atoms with van der Waals surface area (Å²) in [6.07, 6.45) is 2.61. The summed E-state index contributed by atoms with van der Waals surface area (Å²) < 4.78 is 5.53. The number of benzene rings is 1. The zero-order valence-corrected chi connectivity index (χ0v) is 12.5. The third-order valence-electron chi connectivity index (χ3n) is 3.57. The molecule has 1 aromatic heterocycles. The first-order valence-corrected chi connectivity index (χ1v) is 7.20. The fourth-order valence-corrected chi connectivity index (χ4v) is 2.47. The lowest BCUT2D eigenvalue weighted by Crippen LogP contribution is -2.30. The van der Waals surface area contributed by atoms with Gasteiger partial charge in [-0.2, -0.15) is 0 Å². The number of carboxylic acids is 1. The van der Waals surface area contributed by atoms with E-state index in [-0.39, 0.29) is 12.5 Å². The molecule has 0 amide bonds. The van der Waals surface area contributed by atoms with Crippen molar-refractivity contribution >= 4 is 11.7 Å². The Morgan fingerprint density at radius 2 is 2.00 bits per heavy atom. The van der Waals surface area contributed by atoms with E-state index in [1.807, 2.05) is 43.3 Å². The van der Waals surface area contributed by atoms with E-state index in [0.717, 1.165) is 17.9 Å². The molecule has 0 fully saturated rings. The van der Waals surface area contributed by atoms with Gasteiger partial charge < -0.3 is 14.4 Å². The third-order valence-corrected chi connectivity index (χ3v) is 3.57. The van der Waals surface area contributed by atoms with Gasteiger partial charge in [-0.25, -0.2) is 0 Å². The molecule has 0 saturated carbocycles. The van der Waals surface area contributed by atoms with Crippen molar-refractivity contribution in [3.63, 3.8) is 0 Å². The number of furan rings is 1. The molecule has 0 aliphatic carbocycles. The lowest BCUT2D eigenvalue weighted by atomic mass is 10.1. The lowest BCUT2D eigenvalue weighted by Gasteiger charge is -2.31. The van der Waals surface area contributed by atoms with Gasteiger partial charge in [-0.3, -0.25) is 4.79 Å². The lowest BCUT2D eigenvalue weighted by molar-refractivity contribution is -0.136. The topological polar surface area (TPSA) is 53.7 Å². The number of anilines is 1. The van der Waals surface area contributed by atoms with E-state index in [4.69, 9.17) is 9.52 Å². The first-order chi connectivity index (χ1) is 10.1. The van der Waals surface area contributed by atoms with E-state index in [9.17, 15) is 4.79 Å². The van der Waals surface area contributed by atoms with Crippen LogP contribution in [0.3, 0.4) is 0 Å². The number of nitrogens with zero attached hydrogens (tertiary/aromatic N) is 1. The van der Waals surface area contributed by atoms with Crippen LogP contribution >= 0.6 is 0 Å². The normalized spacial score (nSPS) is 12.1. The Balaban J connectivity index is 2.29. The van der Waals surface area contributed by atoms with E-state index in [1.54, 1.807) is 6.26 Å². The Labute approximate surface area is 125 Å². The van der Waals surface area contributed by atoms with Crippen molar-refractivity contribution < 1.29 is 14.3 Å². The van der Waals surface area contributed by atoms with Crippen LogP contribution in [0.15, 0.2) is 47.1 Å². The van der Waals surface area contributed by atoms with Crippen molar-refractivity contribution in [3.8, 4) is 0 Å². The summed E-state index contributed by atoms with van der Waals surface area (Å²) in [5.74, 6) is 0.0740. The number of rotatable bonds is 7. The van der Waals surface area contributed by atoms with E-state index >= 15 is 0 Å². The minimum atomic E-state index is -0.790. The van der Waals surface area contributed by atoms with Gasteiger partial charge in [0, 0.05) is 12.2 Å². The fraction of sp³-hybridized carbons (Fsp3) is 0.353. The summed E-state index contributed by atoms with van der Waals surface area (Å²) in [5, 5.41) is 8.99. The second-order valence-corrected chi connectivity index (χ2v) is 5.11. The van der Waals surface area contributed by atoms with Gasteiger partial charge in [0.1, 0.15) is 5.76 Å². The molecule has 4 nitrogen and oxygen atoms in total. The largest absolute Gasteiger partial charge is 0.481 e. The zero-order chi connectivity index (χ0) is 15.2. The molecule has 112 valence electrons. The van der Waals surface area contributed by atoms with E-state index in [1.165, 1.54) is 5.56 Å². The van der Waals surface area contributed by atoms with Crippen molar-refractivity contribution in [2.45, 2.75) is 32.7 Å². The molecule has 0 spiro atoms. The molecule has 2 aromatic rings. The molecule has 0 aliphatic rings. The average molecular weight is 287 g/mol. The van der Waals surface area contributed by atoms with Gasteiger partial charge in [0.2, 0.25) is 0 Å². The van der Waals surface area contributed by atoms with E-state index in [0.29, 0.717) is 6.54 Å². The Kier molecular flexibility index (Phi) is 5.04. The molecule has 1 unspecified atom stereocenters. The Morgan fingerprint density at radius 1 is 1.29 bits per heavy atom. The highest BCUT2D eigenvalue weighted by atomic mass is 16.4. The number of aliphatic carboxylic acids is 1. The zero-order valence-electron chi connectivity index (χ0n) is 12.5. The summed E-state index contributed by atoms with van der Waals surface area (Å²) >= 11 is 0. The predicted octanol–water partition coefficient (Wildman–Crippen LogP) is 4.02. The van der Waals surface area contributed by atoms with Crippen molar-refractivity contribution in [3.05, 3.63) is 54.0 Å². The third kappa shape index (κ3) is 3.88. The second kappa shape index (κ2) is 6.97. The van der Waals surface area contributed by atoms with Gasteiger partial charge in [0.15, 0.2) is 0 Å². The molecule has 0 bridgehead atoms. The molecule has 1 heterocycles. The molecule has 0 radical (unpaired) electrons. The van der Waals surface area contributed by atoms with Gasteiger partial charge >= 0.3 is 5.97 Å². The smallest absolute Gasteiger partial charge is 0.305 e. The monoisotopic (exact) mass is 287 g/mol. The van der Waals surface area contributed by atoms with Crippen molar-refractivity contribution in [2.75, 3.05) is 11.4 Å². The molecule has 1 atom stereocenters. The average Bonchev–Trinajstić information content (AvgIpc) is 2.98. The highest BCUT2D eigenvalue weighted by Crippen LogP contribution is 2.30. The molecule has 0 aliphatic heterocycles. The maximum atomic E-state index is 10.9. The fourth-order valence-electron chi connectivity index (χ4n) is 2.47. The van der Waals surface area contributed by atoms with Crippen LogP contribution in [0.5, 0.6) is 0 Å². The maximum Gasteiger partial charge on any atom is 0.305 e. The molecule has 21 heavy (non-hydrogen) atoms. The van der Waals surface area contributed by atoms with Crippen LogP contribution in [0.2, 0.25) is 0 Å². The summed E-state index contributed by atoms with van der Waals surface area (Å²) in [6, 6.07) is 12.0. The van der Waals surface area contributed by atoms with Gasteiger partial charge in [-0.05, 0) is 37.6 Å². The minimum absolute atomic E-state index is 0.0436. The Bertz CT molecular complexity index is 560. The Morgan fingerprint density at radius 3 is 2.52 bits per heavy atom. The quantitative estimate of drug-likeness (QED) is 0.835. The van der Waals surface area contributed by atoms with E-state index < -0.39 is 5.97 Å². The molecule has 4 heteroatoms. The SMILES string of the molecule is CCC(c1ccco1)N(CCC(=O)O)c1ccc(C)cc1. The standard InChI is InChI=1S/C17H21NO3/c1-3-15(16-5-4-12-21-16)18(11-10-17(19)20)14-8-6-13(2)7-9-14/h4-9,12,15H,3,10-11H2,1-2H3,(H,19,20). The van der Waals surface area contributed by atoms with Crippen LogP contribution in [-0.2, 0) is 4.79 Å². The molecule has 1 N–H and O–H groups in total. The molecule has 2 rings (SSSR count). The van der Waals surface area contributed by atoms with Gasteiger partial charge in [0.05, 0.1) is 18.7 Å². The number of hydrogen-bond acceptors (Lipinski definition) is 3. The maximum absolute atomic E-state index is 10.9. The first kappa shape index (κ1) is 15.2. The summed E-state index contributed by atoms with van der Waals surface area (Å²) in [5.41, 5.74) is 2.20. The van der Waals surface area contributed by atoms with Gasteiger partial charge in [-0.1, -0.05) is 24.6 Å². The summed E-state index contributed by atoms with van der Waals surface area (Å²) in [6.45, 7) is 4.57. The van der Waals surface area contributed by atoms with Crippen LogP contribution in [-0.4, -0.2) is 17.6 Å². The van der Waals surface area contributed by atoms with Crippen LogP contribution in [0.1, 0.15) is 37.1 Å². The summed E-state index contributed by atoms with van der Waals surface area (Å²) in [4.78, 5) is 13.0. The number of carbonyl (C=O) groups is 1. The first-order valence-electron chi connectivity index (χ1n) is 7.20. The van der Waals surface area contributed by atoms with Crippen LogP contribution in [0.25, 0.3) is 0 Å². The predicted molar refractivity (Wildman–Crippen MR) is 82.5 cm³/mol. The minimum Gasteiger partial charge on any atom is -0.481 e. The molecule has 1 aromatic carbocycles.